The fraction of sp³-hybridized carbons (Fsp3) is 0.304. The Bertz CT molecular complexity index is 920. The van der Waals surface area contributed by atoms with Gasteiger partial charge in [0, 0.05) is 19.7 Å². The Hall–Kier alpha value is -2.99. The summed E-state index contributed by atoms with van der Waals surface area (Å²) in [6.45, 7) is 3.75. The van der Waals surface area contributed by atoms with Crippen molar-refractivity contribution in [2.45, 2.75) is 20.0 Å². The number of carbonyl (C=O) groups is 2. The van der Waals surface area contributed by atoms with Gasteiger partial charge in [0.1, 0.15) is 5.75 Å². The van der Waals surface area contributed by atoms with Crippen LogP contribution in [0.5, 0.6) is 17.2 Å². The van der Waals surface area contributed by atoms with Gasteiger partial charge in [-0.15, -0.1) is 0 Å². The van der Waals surface area contributed by atoms with Crippen LogP contribution in [0.1, 0.15) is 29.8 Å². The average Bonchev–Trinajstić information content (AvgIpc) is 2.71. The van der Waals surface area contributed by atoms with Gasteiger partial charge in [-0.25, -0.2) is 0 Å². The summed E-state index contributed by atoms with van der Waals surface area (Å²) in [4.78, 5) is 25.5. The van der Waals surface area contributed by atoms with Crippen LogP contribution in [0.4, 0.5) is 0 Å². The molecule has 0 aliphatic carbocycles. The van der Waals surface area contributed by atoms with Gasteiger partial charge in [0.15, 0.2) is 23.9 Å². The van der Waals surface area contributed by atoms with Gasteiger partial charge in [-0.1, -0.05) is 17.7 Å². The molecule has 0 unspecified atom stereocenters. The molecule has 0 fully saturated rings. The van der Waals surface area contributed by atoms with Gasteiger partial charge in [0.05, 0.1) is 18.2 Å². The summed E-state index contributed by atoms with van der Waals surface area (Å²) in [7, 11) is 4.86. The molecule has 0 N–H and O–H groups in total. The van der Waals surface area contributed by atoms with Crippen molar-refractivity contribution in [1.29, 1.82) is 0 Å². The first kappa shape index (κ1) is 23.3. The van der Waals surface area contributed by atoms with E-state index in [4.69, 9.17) is 25.8 Å². The van der Waals surface area contributed by atoms with E-state index in [0.717, 1.165) is 0 Å². The largest absolute Gasteiger partial charge is 0.493 e. The molecule has 0 saturated heterocycles. The summed E-state index contributed by atoms with van der Waals surface area (Å²) >= 11 is 6.31. The molecule has 30 heavy (non-hydrogen) atoms. The molecule has 2 aromatic rings. The van der Waals surface area contributed by atoms with Crippen molar-refractivity contribution in [3.8, 4) is 17.2 Å². The third-order valence-electron chi connectivity index (χ3n) is 4.03. The Morgan fingerprint density at radius 2 is 1.80 bits per heavy atom. The lowest BCUT2D eigenvalue weighted by molar-refractivity contribution is -0.130. The van der Waals surface area contributed by atoms with Gasteiger partial charge in [0.2, 0.25) is 0 Å². The maximum atomic E-state index is 12.5. The smallest absolute Gasteiger partial charge is 0.259 e. The number of hydrogen-bond acceptors (Lipinski definition) is 5. The van der Waals surface area contributed by atoms with E-state index < -0.39 is 0 Å². The first-order valence-electron chi connectivity index (χ1n) is 9.41. The first-order valence-corrected chi connectivity index (χ1v) is 9.78. The fourth-order valence-electron chi connectivity index (χ4n) is 2.44. The van der Waals surface area contributed by atoms with E-state index in [1.165, 1.54) is 18.1 Å². The molecule has 0 aromatic heterocycles. The standard InChI is InChI=1S/C23H26ClNO5/c1-15(2)30-23-19(24)12-16(13-21(23)28-5)6-11-20(26)17-7-9-18(10-8-17)29-14-22(27)25(3)4/h6-13,15H,14H2,1-5H3/b11-6+. The number of methoxy groups -OCH3 is 1. The molecule has 0 saturated carbocycles. The van der Waals surface area contributed by atoms with E-state index in [1.54, 1.807) is 56.6 Å². The Morgan fingerprint density at radius 3 is 2.37 bits per heavy atom. The molecular weight excluding hydrogens is 406 g/mol. The normalized spacial score (nSPS) is 10.9. The van der Waals surface area contributed by atoms with Gasteiger partial charge >= 0.3 is 0 Å². The molecule has 0 bridgehead atoms. The van der Waals surface area contributed by atoms with Crippen LogP contribution in [0.15, 0.2) is 42.5 Å². The minimum absolute atomic E-state index is 0.0488. The van der Waals surface area contributed by atoms with Crippen molar-refractivity contribution >= 4 is 29.4 Å². The summed E-state index contributed by atoms with van der Waals surface area (Å²) in [6.07, 6.45) is 3.07. The maximum Gasteiger partial charge on any atom is 0.259 e. The fourth-order valence-corrected chi connectivity index (χ4v) is 2.71. The molecule has 2 aromatic carbocycles. The van der Waals surface area contributed by atoms with Crippen molar-refractivity contribution in [3.05, 3.63) is 58.6 Å². The third kappa shape index (κ3) is 6.52. The topological polar surface area (TPSA) is 65.1 Å². The van der Waals surface area contributed by atoms with E-state index in [2.05, 4.69) is 0 Å². The highest BCUT2D eigenvalue weighted by molar-refractivity contribution is 6.32. The molecule has 0 aliphatic rings. The van der Waals surface area contributed by atoms with E-state index in [1.807, 2.05) is 13.8 Å². The zero-order valence-electron chi connectivity index (χ0n) is 17.8. The van der Waals surface area contributed by atoms with Crippen LogP contribution < -0.4 is 14.2 Å². The van der Waals surface area contributed by atoms with Crippen LogP contribution in [0, 0.1) is 0 Å². The molecule has 7 heteroatoms. The number of allylic oxidation sites excluding steroid dienone is 1. The summed E-state index contributed by atoms with van der Waals surface area (Å²) in [5.74, 6) is 1.17. The van der Waals surface area contributed by atoms with E-state index >= 15 is 0 Å². The van der Waals surface area contributed by atoms with E-state index in [0.29, 0.717) is 33.4 Å². The summed E-state index contributed by atoms with van der Waals surface area (Å²) in [5.41, 5.74) is 1.21. The predicted molar refractivity (Wildman–Crippen MR) is 118 cm³/mol. The number of carbonyl (C=O) groups excluding carboxylic acids is 2. The lowest BCUT2D eigenvalue weighted by Crippen LogP contribution is -2.27. The van der Waals surface area contributed by atoms with Crippen molar-refractivity contribution in [1.82, 2.24) is 4.90 Å². The Kier molecular flexibility index (Phi) is 8.30. The zero-order chi connectivity index (χ0) is 22.3. The Morgan fingerprint density at radius 1 is 1.13 bits per heavy atom. The number of ether oxygens (including phenoxy) is 3. The first-order chi connectivity index (χ1) is 14.2. The van der Waals surface area contributed by atoms with E-state index in [9.17, 15) is 9.59 Å². The second-order valence-electron chi connectivity index (χ2n) is 7.00. The van der Waals surface area contributed by atoms with E-state index in [-0.39, 0.29) is 24.4 Å². The second-order valence-corrected chi connectivity index (χ2v) is 7.41. The van der Waals surface area contributed by atoms with Crippen LogP contribution in [-0.2, 0) is 4.79 Å². The quantitative estimate of drug-likeness (QED) is 0.432. The molecule has 0 spiro atoms. The Labute approximate surface area is 182 Å². The molecule has 0 heterocycles. The molecule has 0 atom stereocenters. The number of ketones is 1. The van der Waals surface area contributed by atoms with Crippen LogP contribution in [0.25, 0.3) is 6.08 Å². The molecule has 6 nitrogen and oxygen atoms in total. The highest BCUT2D eigenvalue weighted by atomic mass is 35.5. The van der Waals surface area contributed by atoms with Crippen LogP contribution in [0.2, 0.25) is 5.02 Å². The lowest BCUT2D eigenvalue weighted by Gasteiger charge is -2.15. The molecule has 0 aliphatic heterocycles. The molecule has 160 valence electrons. The average molecular weight is 432 g/mol. The van der Waals surface area contributed by atoms with Crippen molar-refractivity contribution in [2.24, 2.45) is 0 Å². The monoisotopic (exact) mass is 431 g/mol. The van der Waals surface area contributed by atoms with Crippen LogP contribution >= 0.6 is 11.6 Å². The Balaban J connectivity index is 2.08. The number of nitrogens with zero attached hydrogens (tertiary/aromatic N) is 1. The number of amides is 1. The molecule has 0 radical (unpaired) electrons. The molecule has 2 rings (SSSR count). The molecule has 1 amide bonds. The van der Waals surface area contributed by atoms with Gasteiger partial charge < -0.3 is 19.1 Å². The van der Waals surface area contributed by atoms with Crippen molar-refractivity contribution < 1.29 is 23.8 Å². The van der Waals surface area contributed by atoms with Crippen molar-refractivity contribution in [3.63, 3.8) is 0 Å². The highest BCUT2D eigenvalue weighted by Gasteiger charge is 2.13. The van der Waals surface area contributed by atoms with Crippen molar-refractivity contribution in [2.75, 3.05) is 27.8 Å². The highest BCUT2D eigenvalue weighted by Crippen LogP contribution is 2.37. The van der Waals surface area contributed by atoms with Gasteiger partial charge in [0.25, 0.3) is 5.91 Å². The zero-order valence-corrected chi connectivity index (χ0v) is 18.5. The van der Waals surface area contributed by atoms with Gasteiger partial charge in [-0.2, -0.15) is 0 Å². The number of likely N-dealkylation sites (N-methyl/N-ethyl adjacent to an activating group) is 1. The van der Waals surface area contributed by atoms with Gasteiger partial charge in [-0.3, -0.25) is 9.59 Å². The second kappa shape index (κ2) is 10.7. The minimum atomic E-state index is -0.177. The number of rotatable bonds is 9. The number of hydrogen-bond donors (Lipinski definition) is 0. The lowest BCUT2D eigenvalue weighted by atomic mass is 10.1. The van der Waals surface area contributed by atoms with Crippen LogP contribution in [-0.4, -0.2) is 50.5 Å². The number of halogens is 1. The third-order valence-corrected chi connectivity index (χ3v) is 4.31. The SMILES string of the molecule is COc1cc(/C=C/C(=O)c2ccc(OCC(=O)N(C)C)cc2)cc(Cl)c1OC(C)C. The number of benzene rings is 2. The summed E-state index contributed by atoms with van der Waals surface area (Å²) in [6, 6.07) is 10.1. The van der Waals surface area contributed by atoms with Gasteiger partial charge in [-0.05, 0) is 61.9 Å². The predicted octanol–water partition coefficient (Wildman–Crippen LogP) is 4.50. The minimum Gasteiger partial charge on any atom is -0.493 e. The summed E-state index contributed by atoms with van der Waals surface area (Å²) in [5, 5.41) is 0.406. The maximum absolute atomic E-state index is 12.5. The van der Waals surface area contributed by atoms with Crippen LogP contribution in [0.3, 0.4) is 0 Å². The molecular formula is C23H26ClNO5. The summed E-state index contributed by atoms with van der Waals surface area (Å²) < 4.78 is 16.5.